The summed E-state index contributed by atoms with van der Waals surface area (Å²) >= 11 is 0. The fourth-order valence-electron chi connectivity index (χ4n) is 6.06. The standard InChI is InChI=1S/C36H47N4O10P.2H3N/c1-4-7-8-14-30(31(5-2)40(24-41)50-36(44)25-12-11-13-27(19-25)39-17-9-10-18-39)34(42)37-23-38-35(43)33-16-15-32(49-33)26-20-28(48-6-3)22-29(21-26)51(45,46)47;;/h11-13,15-16,19-22,24,30-31H,4-10,14,17-18,23H2,1-3H3,(H,37,42)(H,38,43)(H2,45,46,47);2*1H3/t30-,31-;;/m1../s1. The van der Waals surface area contributed by atoms with Crippen molar-refractivity contribution in [3.05, 3.63) is 65.9 Å². The smallest absolute Gasteiger partial charge is 0.363 e. The highest BCUT2D eigenvalue weighted by Crippen LogP contribution is 2.37. The summed E-state index contributed by atoms with van der Waals surface area (Å²) < 4.78 is 23.0. The molecule has 0 spiro atoms. The van der Waals surface area contributed by atoms with Gasteiger partial charge in [-0.2, -0.15) is 5.06 Å². The van der Waals surface area contributed by atoms with Crippen molar-refractivity contribution in [3.63, 3.8) is 0 Å². The van der Waals surface area contributed by atoms with Crippen LogP contribution in [0, 0.1) is 5.92 Å². The number of carbonyl (C=O) groups excluding carboxylic acids is 4. The first-order valence-corrected chi connectivity index (χ1v) is 18.9. The highest BCUT2D eigenvalue weighted by atomic mass is 31.2. The van der Waals surface area contributed by atoms with Crippen molar-refractivity contribution in [3.8, 4) is 17.1 Å². The Morgan fingerprint density at radius 3 is 2.38 bits per heavy atom. The second kappa shape index (κ2) is 21.1. The second-order valence-corrected chi connectivity index (χ2v) is 13.9. The summed E-state index contributed by atoms with van der Waals surface area (Å²) in [5, 5.41) is 5.94. The molecule has 16 nitrogen and oxygen atoms in total. The minimum Gasteiger partial charge on any atom is -0.494 e. The number of carbonyl (C=O) groups is 4. The number of nitrogens with zero attached hydrogens (tertiary/aromatic N) is 2. The minimum absolute atomic E-state index is 0. The molecule has 3 amide bonds. The van der Waals surface area contributed by atoms with Gasteiger partial charge in [0.15, 0.2) is 5.76 Å². The van der Waals surface area contributed by atoms with Gasteiger partial charge >= 0.3 is 13.6 Å². The van der Waals surface area contributed by atoms with E-state index in [0.717, 1.165) is 49.5 Å². The van der Waals surface area contributed by atoms with Crippen LogP contribution in [0.25, 0.3) is 11.3 Å². The van der Waals surface area contributed by atoms with E-state index in [1.807, 2.05) is 13.0 Å². The van der Waals surface area contributed by atoms with Crippen LogP contribution in [0.2, 0.25) is 0 Å². The van der Waals surface area contributed by atoms with Crippen LogP contribution in [0.5, 0.6) is 5.75 Å². The van der Waals surface area contributed by atoms with Gasteiger partial charge in [-0.05, 0) is 81.1 Å². The Morgan fingerprint density at radius 2 is 1.74 bits per heavy atom. The topological polar surface area (TPSA) is 258 Å². The number of rotatable bonds is 19. The number of furan rings is 1. The van der Waals surface area contributed by atoms with Crippen molar-refractivity contribution in [2.75, 3.05) is 31.3 Å². The Kier molecular flexibility index (Phi) is 17.7. The lowest BCUT2D eigenvalue weighted by Crippen LogP contribution is -2.49. The van der Waals surface area contributed by atoms with Crippen LogP contribution in [0.3, 0.4) is 0 Å². The fraction of sp³-hybridized carbons (Fsp3) is 0.444. The number of unbranched alkanes of at least 4 members (excludes halogenated alkanes) is 2. The number of anilines is 1. The minimum atomic E-state index is -4.61. The Balaban J connectivity index is 0.00000486. The van der Waals surface area contributed by atoms with E-state index in [2.05, 4.69) is 15.5 Å². The van der Waals surface area contributed by atoms with Crippen molar-refractivity contribution in [2.45, 2.75) is 71.8 Å². The predicted molar refractivity (Wildman–Crippen MR) is 200 cm³/mol. The van der Waals surface area contributed by atoms with Crippen LogP contribution in [0.15, 0.2) is 59.0 Å². The third-order valence-electron chi connectivity index (χ3n) is 8.67. The number of amides is 3. The van der Waals surface area contributed by atoms with Gasteiger partial charge < -0.3 is 51.6 Å². The lowest BCUT2D eigenvalue weighted by molar-refractivity contribution is -0.171. The first-order chi connectivity index (χ1) is 24.5. The Labute approximate surface area is 309 Å². The van der Waals surface area contributed by atoms with Crippen molar-refractivity contribution in [1.82, 2.24) is 28.0 Å². The maximum absolute atomic E-state index is 13.6. The number of hydrogen-bond donors (Lipinski definition) is 6. The van der Waals surface area contributed by atoms with Crippen LogP contribution in [0.4, 0.5) is 5.69 Å². The molecule has 292 valence electrons. The molecule has 2 atom stereocenters. The molecule has 0 saturated carbocycles. The highest BCUT2D eigenvalue weighted by molar-refractivity contribution is 7.60. The number of benzene rings is 2. The van der Waals surface area contributed by atoms with Crippen molar-refractivity contribution >= 4 is 42.8 Å². The molecule has 1 saturated heterocycles. The largest absolute Gasteiger partial charge is 0.494 e. The van der Waals surface area contributed by atoms with Gasteiger partial charge in [-0.15, -0.1) is 0 Å². The van der Waals surface area contributed by atoms with Crippen molar-refractivity contribution in [1.29, 1.82) is 0 Å². The van der Waals surface area contributed by atoms with E-state index in [1.165, 1.54) is 30.3 Å². The molecular formula is C36H53N6O10P. The Morgan fingerprint density at radius 1 is 1.00 bits per heavy atom. The Bertz CT molecular complexity index is 1710. The first-order valence-electron chi connectivity index (χ1n) is 17.3. The Hall–Kier alpha value is -4.73. The van der Waals surface area contributed by atoms with Crippen LogP contribution < -0.4 is 37.9 Å². The molecule has 3 aromatic rings. The molecule has 53 heavy (non-hydrogen) atoms. The summed E-state index contributed by atoms with van der Waals surface area (Å²) in [4.78, 5) is 79.1. The molecular weight excluding hydrogens is 707 g/mol. The van der Waals surface area contributed by atoms with Crippen molar-refractivity contribution < 1.29 is 47.5 Å². The molecule has 1 aliphatic rings. The zero-order valence-corrected chi connectivity index (χ0v) is 31.5. The summed E-state index contributed by atoms with van der Waals surface area (Å²) in [6.07, 6.45) is 5.76. The second-order valence-electron chi connectivity index (χ2n) is 12.2. The van der Waals surface area contributed by atoms with E-state index in [9.17, 15) is 33.5 Å². The SMILES string of the molecule is CCCCC[C@@H](C(=O)NCNC(=O)c1ccc(-c2cc(OCC)cc(P(=O)(O)O)c2)o1)[C@@H](CC)N(C=O)OC(=O)c1cccc(N2CCCC2)c1.N.N. The average molecular weight is 761 g/mol. The number of hydroxylamine groups is 2. The van der Waals surface area contributed by atoms with Crippen LogP contribution in [-0.4, -0.2) is 71.5 Å². The molecule has 1 fully saturated rings. The number of ether oxygens (including phenoxy) is 1. The van der Waals surface area contributed by atoms with E-state index in [0.29, 0.717) is 36.8 Å². The van der Waals surface area contributed by atoms with Gasteiger partial charge in [0, 0.05) is 24.3 Å². The summed E-state index contributed by atoms with van der Waals surface area (Å²) in [6.45, 7) is 7.38. The van der Waals surface area contributed by atoms with Gasteiger partial charge in [0.1, 0.15) is 11.5 Å². The molecule has 2 heterocycles. The zero-order valence-electron chi connectivity index (χ0n) is 30.6. The average Bonchev–Trinajstić information content (AvgIpc) is 3.84. The summed E-state index contributed by atoms with van der Waals surface area (Å²) in [7, 11) is -4.61. The quantitative estimate of drug-likeness (QED) is 0.0307. The molecule has 0 aliphatic carbocycles. The van der Waals surface area contributed by atoms with Gasteiger partial charge in [0.05, 0.1) is 36.1 Å². The van der Waals surface area contributed by atoms with E-state index in [4.69, 9.17) is 14.0 Å². The lowest BCUT2D eigenvalue weighted by atomic mass is 9.90. The van der Waals surface area contributed by atoms with Crippen LogP contribution in [-0.2, 0) is 19.0 Å². The van der Waals surface area contributed by atoms with Gasteiger partial charge in [-0.3, -0.25) is 18.9 Å². The van der Waals surface area contributed by atoms with Crippen LogP contribution in [0.1, 0.15) is 86.6 Å². The van der Waals surface area contributed by atoms with E-state index in [1.54, 1.807) is 32.0 Å². The highest BCUT2D eigenvalue weighted by Gasteiger charge is 2.34. The number of nitrogens with one attached hydrogen (secondary N) is 2. The maximum Gasteiger partial charge on any atom is 0.363 e. The molecule has 1 aliphatic heterocycles. The predicted octanol–water partition coefficient (Wildman–Crippen LogP) is 5.08. The van der Waals surface area contributed by atoms with E-state index in [-0.39, 0.29) is 48.2 Å². The van der Waals surface area contributed by atoms with Gasteiger partial charge in [-0.1, -0.05) is 39.2 Å². The lowest BCUT2D eigenvalue weighted by Gasteiger charge is -2.32. The monoisotopic (exact) mass is 760 g/mol. The molecule has 4 rings (SSSR count). The molecule has 2 aromatic carbocycles. The van der Waals surface area contributed by atoms with Crippen LogP contribution >= 0.6 is 7.60 Å². The van der Waals surface area contributed by atoms with Gasteiger partial charge in [0.25, 0.3) is 5.91 Å². The summed E-state index contributed by atoms with van der Waals surface area (Å²) in [5.74, 6) is -2.23. The van der Waals surface area contributed by atoms with E-state index >= 15 is 0 Å². The summed E-state index contributed by atoms with van der Waals surface area (Å²) in [5.41, 5.74) is 1.49. The number of hydrogen-bond acceptors (Lipinski definition) is 11. The van der Waals surface area contributed by atoms with Gasteiger partial charge in [0.2, 0.25) is 12.3 Å². The first kappa shape index (κ1) is 44.4. The molecule has 0 bridgehead atoms. The molecule has 0 unspecified atom stereocenters. The maximum atomic E-state index is 13.6. The third-order valence-corrected chi connectivity index (χ3v) is 9.61. The van der Waals surface area contributed by atoms with Crippen molar-refractivity contribution in [2.24, 2.45) is 5.92 Å². The van der Waals surface area contributed by atoms with Gasteiger partial charge in [-0.25, -0.2) is 4.79 Å². The molecule has 10 N–H and O–H groups in total. The molecule has 17 heteroatoms. The summed E-state index contributed by atoms with van der Waals surface area (Å²) in [6, 6.07) is 13.2. The van der Waals surface area contributed by atoms with E-state index < -0.39 is 37.3 Å². The fourth-order valence-corrected chi connectivity index (χ4v) is 6.67. The zero-order chi connectivity index (χ0) is 37.0. The third kappa shape index (κ3) is 12.2. The molecule has 0 radical (unpaired) electrons. The normalized spacial score (nSPS) is 13.5. The molecule has 1 aromatic heterocycles.